The minimum absolute atomic E-state index is 0.0654. The molecule has 3 N–H and O–H groups in total. The van der Waals surface area contributed by atoms with Crippen LogP contribution in [0.5, 0.6) is 11.5 Å². The van der Waals surface area contributed by atoms with Crippen molar-refractivity contribution in [1.82, 2.24) is 4.90 Å². The molecule has 0 saturated heterocycles. The van der Waals surface area contributed by atoms with E-state index >= 15 is 0 Å². The van der Waals surface area contributed by atoms with Gasteiger partial charge in [0.25, 0.3) is 5.91 Å². The Balaban J connectivity index is 2.56. The first kappa shape index (κ1) is 16.8. The van der Waals surface area contributed by atoms with E-state index in [2.05, 4.69) is 0 Å². The van der Waals surface area contributed by atoms with Crippen molar-refractivity contribution in [2.45, 2.75) is 13.0 Å². The molecular weight excluding hydrogens is 300 g/mol. The van der Waals surface area contributed by atoms with Crippen molar-refractivity contribution in [3.05, 3.63) is 35.1 Å². The molecule has 0 bridgehead atoms. The number of hydrogen-bond donors (Lipinski definition) is 2. The maximum atomic E-state index is 12.2. The lowest BCUT2D eigenvalue weighted by Gasteiger charge is -2.26. The van der Waals surface area contributed by atoms with Crippen LogP contribution in [0.4, 0.5) is 0 Å². The number of ketones is 1. The van der Waals surface area contributed by atoms with Crippen molar-refractivity contribution >= 4 is 11.7 Å². The summed E-state index contributed by atoms with van der Waals surface area (Å²) in [5, 5.41) is 10.1. The number of carbonyl (C=O) groups excluding carboxylic acids is 2. The topological polar surface area (TPSA) is 102 Å². The minimum atomic E-state index is -0.691. The predicted octanol–water partition coefficient (Wildman–Crippen LogP) is 0.947. The van der Waals surface area contributed by atoms with Gasteiger partial charge in [-0.2, -0.15) is 0 Å². The first-order valence-corrected chi connectivity index (χ1v) is 7.13. The van der Waals surface area contributed by atoms with Crippen LogP contribution in [-0.4, -0.2) is 49.0 Å². The standard InChI is InChI=1S/C16H20N2O5/c1-9(19)13-14(18(7-6-17)16(21)15(13)20)10-4-5-11(22-2)12(8-10)23-3/h4-5,8,14,20H,6-7,17H2,1-3H3. The lowest BCUT2D eigenvalue weighted by atomic mass is 9.96. The number of Topliss-reactive ketones (excluding diaryl/α,β-unsaturated/α-hetero) is 1. The third-order valence-corrected chi connectivity index (χ3v) is 3.78. The quantitative estimate of drug-likeness (QED) is 0.809. The summed E-state index contributed by atoms with van der Waals surface area (Å²) in [7, 11) is 3.02. The Kier molecular flexibility index (Phi) is 4.90. The number of aliphatic hydroxyl groups is 1. The highest BCUT2D eigenvalue weighted by Gasteiger charge is 2.42. The monoisotopic (exact) mass is 320 g/mol. The summed E-state index contributed by atoms with van der Waals surface area (Å²) in [6, 6.07) is 4.40. The summed E-state index contributed by atoms with van der Waals surface area (Å²) in [5.41, 5.74) is 6.26. The van der Waals surface area contributed by atoms with E-state index in [0.29, 0.717) is 17.1 Å². The van der Waals surface area contributed by atoms with Crippen LogP contribution < -0.4 is 15.2 Å². The van der Waals surface area contributed by atoms with Gasteiger partial charge in [0, 0.05) is 13.1 Å². The molecule has 1 aliphatic rings. The molecule has 1 unspecified atom stereocenters. The van der Waals surface area contributed by atoms with Crippen LogP contribution in [-0.2, 0) is 9.59 Å². The smallest absolute Gasteiger partial charge is 0.290 e. The lowest BCUT2D eigenvalue weighted by molar-refractivity contribution is -0.129. The zero-order chi connectivity index (χ0) is 17.1. The number of methoxy groups -OCH3 is 2. The number of aliphatic hydroxyl groups excluding tert-OH is 1. The molecule has 1 aliphatic heterocycles. The van der Waals surface area contributed by atoms with Gasteiger partial charge in [0.05, 0.1) is 25.8 Å². The number of nitrogens with zero attached hydrogens (tertiary/aromatic N) is 1. The first-order chi connectivity index (χ1) is 11.0. The molecule has 0 aromatic heterocycles. The second kappa shape index (κ2) is 6.70. The molecule has 0 fully saturated rings. The van der Waals surface area contributed by atoms with Crippen molar-refractivity contribution in [1.29, 1.82) is 0 Å². The van der Waals surface area contributed by atoms with Gasteiger partial charge in [0.2, 0.25) is 0 Å². The van der Waals surface area contributed by atoms with E-state index in [1.54, 1.807) is 18.2 Å². The van der Waals surface area contributed by atoms with Crippen LogP contribution in [0.3, 0.4) is 0 Å². The van der Waals surface area contributed by atoms with Crippen LogP contribution >= 0.6 is 0 Å². The summed E-state index contributed by atoms with van der Waals surface area (Å²) in [6.45, 7) is 1.76. The number of benzene rings is 1. The number of hydrogen-bond acceptors (Lipinski definition) is 6. The van der Waals surface area contributed by atoms with Gasteiger partial charge in [-0.25, -0.2) is 0 Å². The third-order valence-electron chi connectivity index (χ3n) is 3.78. The van der Waals surface area contributed by atoms with E-state index in [4.69, 9.17) is 15.2 Å². The second-order valence-electron chi connectivity index (χ2n) is 5.12. The first-order valence-electron chi connectivity index (χ1n) is 7.13. The second-order valence-corrected chi connectivity index (χ2v) is 5.12. The number of nitrogens with two attached hydrogens (primary N) is 1. The van der Waals surface area contributed by atoms with Gasteiger partial charge in [-0.05, 0) is 24.6 Å². The minimum Gasteiger partial charge on any atom is -0.503 e. The van der Waals surface area contributed by atoms with Crippen molar-refractivity contribution < 1.29 is 24.2 Å². The molecule has 7 nitrogen and oxygen atoms in total. The van der Waals surface area contributed by atoms with Gasteiger partial charge >= 0.3 is 0 Å². The SMILES string of the molecule is COc1ccc(C2C(C(C)=O)=C(O)C(=O)N2CCN)cc1OC. The van der Waals surface area contributed by atoms with Crippen molar-refractivity contribution in [2.24, 2.45) is 5.73 Å². The average molecular weight is 320 g/mol. The molecule has 0 aliphatic carbocycles. The maximum Gasteiger partial charge on any atom is 0.290 e. The highest BCUT2D eigenvalue weighted by atomic mass is 16.5. The van der Waals surface area contributed by atoms with Gasteiger partial charge in [-0.3, -0.25) is 9.59 Å². The van der Waals surface area contributed by atoms with Crippen LogP contribution in [0, 0.1) is 0 Å². The summed E-state index contributed by atoms with van der Waals surface area (Å²) >= 11 is 0. The Morgan fingerprint density at radius 1 is 1.30 bits per heavy atom. The molecule has 23 heavy (non-hydrogen) atoms. The summed E-state index contributed by atoms with van der Waals surface area (Å²) in [4.78, 5) is 25.5. The van der Waals surface area contributed by atoms with Crippen molar-refractivity contribution in [2.75, 3.05) is 27.3 Å². The molecule has 1 amide bonds. The number of ether oxygens (including phenoxy) is 2. The molecule has 1 aromatic carbocycles. The van der Waals surface area contributed by atoms with E-state index < -0.39 is 17.7 Å². The fourth-order valence-electron chi connectivity index (χ4n) is 2.75. The molecule has 1 aromatic rings. The Labute approximate surface area is 134 Å². The summed E-state index contributed by atoms with van der Waals surface area (Å²) in [6.07, 6.45) is 0. The van der Waals surface area contributed by atoms with Gasteiger partial charge in [-0.15, -0.1) is 0 Å². The lowest BCUT2D eigenvalue weighted by Crippen LogP contribution is -2.35. The molecule has 1 atom stereocenters. The molecule has 1 heterocycles. The van der Waals surface area contributed by atoms with Gasteiger partial charge < -0.3 is 25.2 Å². The fraction of sp³-hybridized carbons (Fsp3) is 0.375. The zero-order valence-corrected chi connectivity index (χ0v) is 13.3. The van der Waals surface area contributed by atoms with Gasteiger partial charge in [-0.1, -0.05) is 6.07 Å². The Morgan fingerprint density at radius 3 is 2.48 bits per heavy atom. The van der Waals surface area contributed by atoms with E-state index in [0.717, 1.165) is 0 Å². The third kappa shape index (κ3) is 2.87. The van der Waals surface area contributed by atoms with Crippen LogP contribution in [0.25, 0.3) is 0 Å². The largest absolute Gasteiger partial charge is 0.503 e. The van der Waals surface area contributed by atoms with Crippen molar-refractivity contribution in [3.63, 3.8) is 0 Å². The predicted molar refractivity (Wildman–Crippen MR) is 83.4 cm³/mol. The summed E-state index contributed by atoms with van der Waals surface area (Å²) < 4.78 is 10.5. The molecule has 0 saturated carbocycles. The number of carbonyl (C=O) groups is 2. The highest BCUT2D eigenvalue weighted by molar-refractivity contribution is 6.08. The molecule has 2 rings (SSSR count). The molecule has 7 heteroatoms. The molecule has 0 radical (unpaired) electrons. The van der Waals surface area contributed by atoms with Crippen LogP contribution in [0.1, 0.15) is 18.5 Å². The Hall–Kier alpha value is -2.54. The summed E-state index contributed by atoms with van der Waals surface area (Å²) in [5.74, 6) is -0.482. The zero-order valence-electron chi connectivity index (χ0n) is 13.3. The fourth-order valence-corrected chi connectivity index (χ4v) is 2.75. The number of amides is 1. The van der Waals surface area contributed by atoms with E-state index in [9.17, 15) is 14.7 Å². The normalized spacial score (nSPS) is 17.7. The molecule has 124 valence electrons. The molecular formula is C16H20N2O5. The van der Waals surface area contributed by atoms with Gasteiger partial charge in [0.15, 0.2) is 23.0 Å². The highest BCUT2D eigenvalue weighted by Crippen LogP contribution is 2.40. The van der Waals surface area contributed by atoms with E-state index in [-0.39, 0.29) is 24.4 Å². The maximum absolute atomic E-state index is 12.2. The number of rotatable bonds is 6. The van der Waals surface area contributed by atoms with Gasteiger partial charge in [0.1, 0.15) is 0 Å². The van der Waals surface area contributed by atoms with Crippen molar-refractivity contribution in [3.8, 4) is 11.5 Å². The van der Waals surface area contributed by atoms with E-state index in [1.165, 1.54) is 26.0 Å². The Bertz CT molecular complexity index is 668. The van der Waals surface area contributed by atoms with Crippen LogP contribution in [0.2, 0.25) is 0 Å². The molecule has 0 spiro atoms. The van der Waals surface area contributed by atoms with E-state index in [1.807, 2.05) is 0 Å². The average Bonchev–Trinajstić information content (AvgIpc) is 2.79. The Morgan fingerprint density at radius 2 is 1.96 bits per heavy atom. The van der Waals surface area contributed by atoms with Crippen LogP contribution in [0.15, 0.2) is 29.5 Å².